The van der Waals surface area contributed by atoms with Crippen molar-refractivity contribution in [2.24, 2.45) is 5.92 Å². The second kappa shape index (κ2) is 6.25. The summed E-state index contributed by atoms with van der Waals surface area (Å²) in [6.07, 6.45) is 1.53. The van der Waals surface area contributed by atoms with Crippen LogP contribution in [0.15, 0.2) is 29.2 Å². The topological polar surface area (TPSA) is 29.5 Å². The third-order valence-corrected chi connectivity index (χ3v) is 3.63. The zero-order valence-electron chi connectivity index (χ0n) is 10.6. The predicted molar refractivity (Wildman–Crippen MR) is 74.0 cm³/mol. The lowest BCUT2D eigenvalue weighted by atomic mass is 10.1. The fraction of sp³-hybridized carbons (Fsp3) is 0.500. The van der Waals surface area contributed by atoms with Gasteiger partial charge in [-0.05, 0) is 24.1 Å². The van der Waals surface area contributed by atoms with E-state index in [0.717, 1.165) is 36.6 Å². The Balaban J connectivity index is 1.87. The summed E-state index contributed by atoms with van der Waals surface area (Å²) in [6, 6.07) is 7.76. The van der Waals surface area contributed by atoms with Gasteiger partial charge >= 0.3 is 0 Å². The second-order valence-corrected chi connectivity index (χ2v) is 5.31. The molecule has 0 N–H and O–H groups in total. The monoisotopic (exact) mass is 265 g/mol. The number of thiol groups is 1. The summed E-state index contributed by atoms with van der Waals surface area (Å²) >= 11 is 4.24. The average molecular weight is 265 g/mol. The summed E-state index contributed by atoms with van der Waals surface area (Å²) < 4.78 is 5.14. The summed E-state index contributed by atoms with van der Waals surface area (Å²) in [4.78, 5) is 15.0. The van der Waals surface area contributed by atoms with Crippen LogP contribution in [0.4, 0.5) is 0 Å². The summed E-state index contributed by atoms with van der Waals surface area (Å²) in [5.74, 6) is 0.708. The zero-order chi connectivity index (χ0) is 13.0. The van der Waals surface area contributed by atoms with E-state index in [1.54, 1.807) is 7.11 Å². The lowest BCUT2D eigenvalue weighted by Gasteiger charge is -2.16. The van der Waals surface area contributed by atoms with E-state index in [9.17, 15) is 4.79 Å². The Labute approximate surface area is 114 Å². The molecule has 0 radical (unpaired) electrons. The molecule has 1 unspecified atom stereocenters. The highest BCUT2D eigenvalue weighted by molar-refractivity contribution is 7.80. The van der Waals surface area contributed by atoms with Crippen LogP contribution in [0, 0.1) is 5.92 Å². The number of methoxy groups -OCH3 is 1. The molecule has 0 aromatic heterocycles. The molecule has 1 aromatic carbocycles. The van der Waals surface area contributed by atoms with Crippen LogP contribution in [0.2, 0.25) is 0 Å². The van der Waals surface area contributed by atoms with Crippen LogP contribution in [0.5, 0.6) is 0 Å². The molecule has 0 aliphatic carbocycles. The smallest absolute Gasteiger partial charge is 0.227 e. The molecular weight excluding hydrogens is 246 g/mol. The van der Waals surface area contributed by atoms with Gasteiger partial charge in [-0.3, -0.25) is 4.79 Å². The predicted octanol–water partition coefficient (Wildman–Crippen LogP) is 2.01. The van der Waals surface area contributed by atoms with Crippen molar-refractivity contribution in [2.75, 3.05) is 26.8 Å². The van der Waals surface area contributed by atoms with Crippen LogP contribution in [-0.4, -0.2) is 37.6 Å². The van der Waals surface area contributed by atoms with E-state index in [4.69, 9.17) is 4.74 Å². The first-order valence-corrected chi connectivity index (χ1v) is 6.68. The Kier molecular flexibility index (Phi) is 4.66. The minimum absolute atomic E-state index is 0.209. The summed E-state index contributed by atoms with van der Waals surface area (Å²) in [7, 11) is 1.71. The molecule has 4 heteroatoms. The number of hydrogen-bond donors (Lipinski definition) is 1. The van der Waals surface area contributed by atoms with Crippen LogP contribution < -0.4 is 0 Å². The number of benzene rings is 1. The minimum atomic E-state index is 0.209. The summed E-state index contributed by atoms with van der Waals surface area (Å²) in [5, 5.41) is 0. The van der Waals surface area contributed by atoms with Crippen LogP contribution in [0.1, 0.15) is 12.0 Å². The Hall–Kier alpha value is -1.00. The largest absolute Gasteiger partial charge is 0.384 e. The minimum Gasteiger partial charge on any atom is -0.384 e. The van der Waals surface area contributed by atoms with Crippen molar-refractivity contribution in [3.8, 4) is 0 Å². The molecule has 1 heterocycles. The third-order valence-electron chi connectivity index (χ3n) is 3.33. The van der Waals surface area contributed by atoms with E-state index in [0.29, 0.717) is 12.3 Å². The Morgan fingerprint density at radius 2 is 2.17 bits per heavy atom. The first-order chi connectivity index (χ1) is 8.69. The summed E-state index contributed by atoms with van der Waals surface area (Å²) in [5.41, 5.74) is 1.05. The van der Waals surface area contributed by atoms with E-state index in [1.165, 1.54) is 0 Å². The number of nitrogens with zero attached hydrogens (tertiary/aromatic N) is 1. The highest BCUT2D eigenvalue weighted by Gasteiger charge is 2.25. The van der Waals surface area contributed by atoms with Crippen molar-refractivity contribution in [3.05, 3.63) is 29.8 Å². The molecule has 0 bridgehead atoms. The first-order valence-electron chi connectivity index (χ1n) is 6.23. The van der Waals surface area contributed by atoms with Gasteiger partial charge in [-0.25, -0.2) is 0 Å². The van der Waals surface area contributed by atoms with E-state index in [2.05, 4.69) is 12.6 Å². The number of carbonyl (C=O) groups is 1. The molecule has 1 amide bonds. The molecule has 0 saturated carbocycles. The molecule has 3 nitrogen and oxygen atoms in total. The molecule has 1 atom stereocenters. The SMILES string of the molecule is COCC1CCN(C(=O)Cc2ccc(S)cc2)C1. The van der Waals surface area contributed by atoms with Gasteiger partial charge in [0.15, 0.2) is 0 Å². The van der Waals surface area contributed by atoms with Gasteiger partial charge in [0.25, 0.3) is 0 Å². The molecule has 1 aromatic rings. The maximum Gasteiger partial charge on any atom is 0.227 e. The van der Waals surface area contributed by atoms with Gasteiger partial charge in [-0.1, -0.05) is 12.1 Å². The van der Waals surface area contributed by atoms with Crippen LogP contribution in [-0.2, 0) is 16.0 Å². The third kappa shape index (κ3) is 3.50. The number of hydrogen-bond acceptors (Lipinski definition) is 3. The zero-order valence-corrected chi connectivity index (χ0v) is 11.5. The molecule has 18 heavy (non-hydrogen) atoms. The van der Waals surface area contributed by atoms with E-state index < -0.39 is 0 Å². The molecule has 1 aliphatic heterocycles. The van der Waals surface area contributed by atoms with Crippen molar-refractivity contribution >= 4 is 18.5 Å². The molecule has 0 spiro atoms. The van der Waals surface area contributed by atoms with Gasteiger partial charge in [-0.2, -0.15) is 0 Å². The van der Waals surface area contributed by atoms with Gasteiger partial charge in [0.05, 0.1) is 13.0 Å². The van der Waals surface area contributed by atoms with Crippen molar-refractivity contribution in [3.63, 3.8) is 0 Å². The van der Waals surface area contributed by atoms with Gasteiger partial charge in [0, 0.05) is 31.0 Å². The maximum absolute atomic E-state index is 12.1. The Morgan fingerprint density at radius 3 is 2.83 bits per heavy atom. The fourth-order valence-electron chi connectivity index (χ4n) is 2.33. The van der Waals surface area contributed by atoms with Crippen molar-refractivity contribution in [1.29, 1.82) is 0 Å². The van der Waals surface area contributed by atoms with Crippen molar-refractivity contribution in [2.45, 2.75) is 17.7 Å². The Bertz CT molecular complexity index is 405. The molecule has 98 valence electrons. The summed E-state index contributed by atoms with van der Waals surface area (Å²) in [6.45, 7) is 2.44. The Morgan fingerprint density at radius 1 is 1.44 bits per heavy atom. The van der Waals surface area contributed by atoms with Crippen molar-refractivity contribution in [1.82, 2.24) is 4.90 Å². The normalized spacial score (nSPS) is 19.2. The number of ether oxygens (including phenoxy) is 1. The molecular formula is C14H19NO2S. The number of amides is 1. The second-order valence-electron chi connectivity index (χ2n) is 4.79. The highest BCUT2D eigenvalue weighted by atomic mass is 32.1. The van der Waals surface area contributed by atoms with Crippen molar-refractivity contribution < 1.29 is 9.53 Å². The van der Waals surface area contributed by atoms with Crippen LogP contribution in [0.25, 0.3) is 0 Å². The standard InChI is InChI=1S/C14H19NO2S/c1-17-10-12-6-7-15(9-12)14(16)8-11-2-4-13(18)5-3-11/h2-5,12,18H,6-10H2,1H3. The maximum atomic E-state index is 12.1. The molecule has 1 fully saturated rings. The number of rotatable bonds is 4. The fourth-order valence-corrected chi connectivity index (χ4v) is 2.48. The van der Waals surface area contributed by atoms with E-state index >= 15 is 0 Å². The van der Waals surface area contributed by atoms with E-state index in [1.807, 2.05) is 29.2 Å². The number of carbonyl (C=O) groups excluding carboxylic acids is 1. The molecule has 1 aliphatic rings. The van der Waals surface area contributed by atoms with Crippen LogP contribution >= 0.6 is 12.6 Å². The molecule has 1 saturated heterocycles. The lowest BCUT2D eigenvalue weighted by molar-refractivity contribution is -0.129. The van der Waals surface area contributed by atoms with Gasteiger partial charge in [0.1, 0.15) is 0 Å². The van der Waals surface area contributed by atoms with Gasteiger partial charge in [0.2, 0.25) is 5.91 Å². The van der Waals surface area contributed by atoms with Gasteiger partial charge < -0.3 is 9.64 Å². The lowest BCUT2D eigenvalue weighted by Crippen LogP contribution is -2.30. The molecule has 2 rings (SSSR count). The average Bonchev–Trinajstić information content (AvgIpc) is 2.81. The van der Waals surface area contributed by atoms with Crippen LogP contribution in [0.3, 0.4) is 0 Å². The van der Waals surface area contributed by atoms with Gasteiger partial charge in [-0.15, -0.1) is 12.6 Å². The number of likely N-dealkylation sites (tertiary alicyclic amines) is 1. The highest BCUT2D eigenvalue weighted by Crippen LogP contribution is 2.18. The van der Waals surface area contributed by atoms with E-state index in [-0.39, 0.29) is 5.91 Å². The first kappa shape index (κ1) is 13.4. The quantitative estimate of drug-likeness (QED) is 0.844.